The van der Waals surface area contributed by atoms with E-state index in [0.717, 1.165) is 38.4 Å². The average Bonchev–Trinajstić information content (AvgIpc) is 2.58. The molecule has 1 aliphatic rings. The van der Waals surface area contributed by atoms with Crippen LogP contribution in [0.1, 0.15) is 33.1 Å². The van der Waals surface area contributed by atoms with E-state index in [4.69, 9.17) is 0 Å². The number of nitrogens with one attached hydrogen (secondary N) is 1. The molecule has 4 heteroatoms. The molecule has 3 nitrogen and oxygen atoms in total. The van der Waals surface area contributed by atoms with Crippen LogP contribution in [0.2, 0.25) is 0 Å². The lowest BCUT2D eigenvalue weighted by Crippen LogP contribution is -2.44. The molecular formula is C19H30N2OS. The largest absolute Gasteiger partial charge is 0.342 e. The summed E-state index contributed by atoms with van der Waals surface area (Å²) in [6.45, 7) is 7.23. The predicted octanol–water partition coefficient (Wildman–Crippen LogP) is 3.65. The molecule has 1 saturated heterocycles. The molecule has 1 aromatic rings. The van der Waals surface area contributed by atoms with E-state index in [1.807, 2.05) is 25.2 Å². The van der Waals surface area contributed by atoms with Crippen LogP contribution >= 0.6 is 11.8 Å². The topological polar surface area (TPSA) is 32.3 Å². The standard InChI is InChI=1S/C19H30N2OS/c1-15(2)18(23-17-7-5-4-6-8-17)19(22)21-13-10-16(11-14-21)9-12-20-3/h4-8,15-16,18,20H,9-14H2,1-3H3. The van der Waals surface area contributed by atoms with Gasteiger partial charge in [0.25, 0.3) is 0 Å². The molecule has 1 aromatic carbocycles. The second-order valence-electron chi connectivity index (χ2n) is 6.76. The van der Waals surface area contributed by atoms with Crippen molar-refractivity contribution in [3.05, 3.63) is 30.3 Å². The number of carbonyl (C=O) groups is 1. The highest BCUT2D eigenvalue weighted by Crippen LogP contribution is 2.31. The average molecular weight is 335 g/mol. The van der Waals surface area contributed by atoms with Gasteiger partial charge in [-0.2, -0.15) is 0 Å². The number of hydrogen-bond acceptors (Lipinski definition) is 3. The minimum atomic E-state index is 0.0197. The Kier molecular flexibility index (Phi) is 7.44. The van der Waals surface area contributed by atoms with Crippen molar-refractivity contribution in [1.82, 2.24) is 10.2 Å². The lowest BCUT2D eigenvalue weighted by molar-refractivity contribution is -0.132. The summed E-state index contributed by atoms with van der Waals surface area (Å²) in [5, 5.41) is 3.25. The summed E-state index contributed by atoms with van der Waals surface area (Å²) in [7, 11) is 2.01. The molecule has 1 atom stereocenters. The first-order chi connectivity index (χ1) is 11.1. The Morgan fingerprint density at radius 3 is 2.48 bits per heavy atom. The number of benzene rings is 1. The third-order valence-corrected chi connectivity index (χ3v) is 6.13. The van der Waals surface area contributed by atoms with Gasteiger partial charge in [-0.15, -0.1) is 11.8 Å². The minimum absolute atomic E-state index is 0.0197. The molecule has 1 amide bonds. The Labute approximate surface area is 145 Å². The van der Waals surface area contributed by atoms with Gasteiger partial charge >= 0.3 is 0 Å². The zero-order valence-electron chi connectivity index (χ0n) is 14.6. The third kappa shape index (κ3) is 5.54. The van der Waals surface area contributed by atoms with Crippen molar-refractivity contribution in [2.45, 2.75) is 43.3 Å². The minimum Gasteiger partial charge on any atom is -0.342 e. The fourth-order valence-electron chi connectivity index (χ4n) is 3.09. The van der Waals surface area contributed by atoms with Crippen molar-refractivity contribution in [2.24, 2.45) is 11.8 Å². The molecule has 0 aromatic heterocycles. The first-order valence-electron chi connectivity index (χ1n) is 8.77. The lowest BCUT2D eigenvalue weighted by Gasteiger charge is -2.35. The van der Waals surface area contributed by atoms with E-state index in [1.165, 1.54) is 11.3 Å². The molecule has 0 bridgehead atoms. The smallest absolute Gasteiger partial charge is 0.236 e. The Balaban J connectivity index is 1.91. The molecule has 0 radical (unpaired) electrons. The maximum absolute atomic E-state index is 13.0. The summed E-state index contributed by atoms with van der Waals surface area (Å²) in [6.07, 6.45) is 3.52. The van der Waals surface area contributed by atoms with Gasteiger partial charge in [-0.25, -0.2) is 0 Å². The number of likely N-dealkylation sites (tertiary alicyclic amines) is 1. The third-order valence-electron chi connectivity index (χ3n) is 4.58. The first kappa shape index (κ1) is 18.3. The highest BCUT2D eigenvalue weighted by molar-refractivity contribution is 8.00. The monoisotopic (exact) mass is 334 g/mol. The van der Waals surface area contributed by atoms with Crippen LogP contribution in [0.4, 0.5) is 0 Å². The lowest BCUT2D eigenvalue weighted by atomic mass is 9.93. The summed E-state index contributed by atoms with van der Waals surface area (Å²) in [5.74, 6) is 1.43. The summed E-state index contributed by atoms with van der Waals surface area (Å²) in [4.78, 5) is 16.2. The molecular weight excluding hydrogens is 304 g/mol. The van der Waals surface area contributed by atoms with E-state index >= 15 is 0 Å². The van der Waals surface area contributed by atoms with Crippen molar-refractivity contribution in [1.29, 1.82) is 0 Å². The number of hydrogen-bond donors (Lipinski definition) is 1. The van der Waals surface area contributed by atoms with Crippen molar-refractivity contribution < 1.29 is 4.79 Å². The van der Waals surface area contributed by atoms with Crippen LogP contribution in [-0.4, -0.2) is 42.7 Å². The quantitative estimate of drug-likeness (QED) is 0.773. The van der Waals surface area contributed by atoms with Crippen molar-refractivity contribution in [2.75, 3.05) is 26.7 Å². The molecule has 1 aliphatic heterocycles. The number of rotatable bonds is 7. The van der Waals surface area contributed by atoms with Gasteiger partial charge in [-0.05, 0) is 56.8 Å². The molecule has 0 spiro atoms. The van der Waals surface area contributed by atoms with Crippen molar-refractivity contribution >= 4 is 17.7 Å². The Morgan fingerprint density at radius 1 is 1.26 bits per heavy atom. The molecule has 1 N–H and O–H groups in total. The maximum Gasteiger partial charge on any atom is 0.236 e. The number of carbonyl (C=O) groups excluding carboxylic acids is 1. The van der Waals surface area contributed by atoms with Crippen LogP contribution in [0, 0.1) is 11.8 Å². The van der Waals surface area contributed by atoms with E-state index < -0.39 is 0 Å². The van der Waals surface area contributed by atoms with Crippen LogP contribution in [0.25, 0.3) is 0 Å². The second kappa shape index (κ2) is 9.33. The van der Waals surface area contributed by atoms with Crippen LogP contribution in [0.5, 0.6) is 0 Å². The van der Waals surface area contributed by atoms with Gasteiger partial charge in [0, 0.05) is 18.0 Å². The molecule has 0 saturated carbocycles. The van der Waals surface area contributed by atoms with Gasteiger partial charge in [0.1, 0.15) is 0 Å². The zero-order valence-corrected chi connectivity index (χ0v) is 15.4. The fourth-order valence-corrected chi connectivity index (χ4v) is 4.22. The maximum atomic E-state index is 13.0. The van der Waals surface area contributed by atoms with Crippen molar-refractivity contribution in [3.8, 4) is 0 Å². The Morgan fingerprint density at radius 2 is 1.91 bits per heavy atom. The van der Waals surface area contributed by atoms with E-state index in [9.17, 15) is 4.79 Å². The first-order valence-corrected chi connectivity index (χ1v) is 9.65. The van der Waals surface area contributed by atoms with E-state index in [1.54, 1.807) is 11.8 Å². The molecule has 1 heterocycles. The number of thioether (sulfide) groups is 1. The van der Waals surface area contributed by atoms with Gasteiger partial charge in [0.15, 0.2) is 0 Å². The molecule has 128 valence electrons. The van der Waals surface area contributed by atoms with Crippen LogP contribution in [0.15, 0.2) is 35.2 Å². The summed E-state index contributed by atoms with van der Waals surface area (Å²) in [5.41, 5.74) is 0. The van der Waals surface area contributed by atoms with Gasteiger partial charge < -0.3 is 10.2 Å². The van der Waals surface area contributed by atoms with E-state index in [0.29, 0.717) is 11.8 Å². The molecule has 23 heavy (non-hydrogen) atoms. The van der Waals surface area contributed by atoms with Gasteiger partial charge in [0.2, 0.25) is 5.91 Å². The van der Waals surface area contributed by atoms with Crippen LogP contribution in [0.3, 0.4) is 0 Å². The highest BCUT2D eigenvalue weighted by atomic mass is 32.2. The highest BCUT2D eigenvalue weighted by Gasteiger charge is 2.30. The fraction of sp³-hybridized carbons (Fsp3) is 0.632. The Hall–Kier alpha value is -1.00. The molecule has 2 rings (SSSR count). The van der Waals surface area contributed by atoms with Crippen LogP contribution < -0.4 is 5.32 Å². The summed E-state index contributed by atoms with van der Waals surface area (Å²) >= 11 is 1.71. The normalized spacial score (nSPS) is 17.5. The van der Waals surface area contributed by atoms with Gasteiger partial charge in [-0.1, -0.05) is 32.0 Å². The molecule has 0 aliphatic carbocycles. The van der Waals surface area contributed by atoms with E-state index in [-0.39, 0.29) is 5.25 Å². The van der Waals surface area contributed by atoms with Crippen LogP contribution in [-0.2, 0) is 4.79 Å². The SMILES string of the molecule is CNCCC1CCN(C(=O)C(Sc2ccccc2)C(C)C)CC1. The summed E-state index contributed by atoms with van der Waals surface area (Å²) < 4.78 is 0. The van der Waals surface area contributed by atoms with Gasteiger partial charge in [0.05, 0.1) is 5.25 Å². The number of piperidine rings is 1. The number of nitrogens with zero attached hydrogens (tertiary/aromatic N) is 1. The Bertz CT molecular complexity index is 470. The zero-order chi connectivity index (χ0) is 16.7. The molecule has 1 fully saturated rings. The second-order valence-corrected chi connectivity index (χ2v) is 7.97. The van der Waals surface area contributed by atoms with Gasteiger partial charge in [-0.3, -0.25) is 4.79 Å². The van der Waals surface area contributed by atoms with E-state index in [2.05, 4.69) is 36.2 Å². The predicted molar refractivity (Wildman–Crippen MR) is 98.8 cm³/mol. The van der Waals surface area contributed by atoms with Crippen molar-refractivity contribution in [3.63, 3.8) is 0 Å². The number of amides is 1. The summed E-state index contributed by atoms with van der Waals surface area (Å²) in [6, 6.07) is 10.3. The molecule has 1 unspecified atom stereocenters.